The normalized spacial score (nSPS) is 17.6. The molecule has 2 aromatic heterocycles. The van der Waals surface area contributed by atoms with Gasteiger partial charge in [0.1, 0.15) is 0 Å². The van der Waals surface area contributed by atoms with Gasteiger partial charge in [-0.25, -0.2) is 22.4 Å². The average molecular weight is 643 g/mol. The monoisotopic (exact) mass is 641 g/mol. The third-order valence-electron chi connectivity index (χ3n) is 8.74. The first-order valence-corrected chi connectivity index (χ1v) is 17.1. The van der Waals surface area contributed by atoms with Crippen molar-refractivity contribution < 1.29 is 8.42 Å². The number of likely N-dealkylation sites (N-methyl/N-ethyl adjacent to an activating group) is 1. The van der Waals surface area contributed by atoms with Gasteiger partial charge in [-0.3, -0.25) is 4.90 Å². The molecule has 0 aliphatic carbocycles. The molecule has 43 heavy (non-hydrogen) atoms. The van der Waals surface area contributed by atoms with E-state index >= 15 is 0 Å². The van der Waals surface area contributed by atoms with Crippen LogP contribution in [0.4, 0.5) is 17.3 Å². The highest BCUT2D eigenvalue weighted by Crippen LogP contribution is 2.37. The number of nitrogens with zero attached hydrogens (tertiary/aromatic N) is 6. The van der Waals surface area contributed by atoms with E-state index in [2.05, 4.69) is 38.1 Å². The molecule has 4 aromatic rings. The van der Waals surface area contributed by atoms with E-state index in [4.69, 9.17) is 28.2 Å². The van der Waals surface area contributed by atoms with E-state index in [1.807, 2.05) is 31.2 Å². The summed E-state index contributed by atoms with van der Waals surface area (Å²) in [5, 5.41) is 5.05. The number of halogens is 2. The van der Waals surface area contributed by atoms with E-state index in [0.29, 0.717) is 38.8 Å². The maximum atomic E-state index is 12.8. The summed E-state index contributed by atoms with van der Waals surface area (Å²) >= 11 is 13.4. The molecule has 0 spiro atoms. The Morgan fingerprint density at radius 3 is 2.44 bits per heavy atom. The van der Waals surface area contributed by atoms with Crippen molar-refractivity contribution in [3.05, 3.63) is 64.4 Å². The quantitative estimate of drug-likeness (QED) is 0.268. The summed E-state index contributed by atoms with van der Waals surface area (Å²) in [6.07, 6.45) is 5.39. The van der Waals surface area contributed by atoms with Crippen LogP contribution in [0.25, 0.3) is 22.2 Å². The van der Waals surface area contributed by atoms with Crippen LogP contribution in [-0.2, 0) is 10.0 Å². The molecule has 0 radical (unpaired) electrons. The van der Waals surface area contributed by atoms with Crippen molar-refractivity contribution in [1.29, 1.82) is 0 Å². The van der Waals surface area contributed by atoms with Crippen LogP contribution in [0.2, 0.25) is 10.0 Å². The lowest BCUT2D eigenvalue weighted by Gasteiger charge is -2.42. The molecule has 0 unspecified atom stereocenters. The number of aryl methyl sites for hydroxylation is 1. The molecule has 4 heterocycles. The van der Waals surface area contributed by atoms with Gasteiger partial charge in [0.15, 0.2) is 0 Å². The van der Waals surface area contributed by atoms with Crippen molar-refractivity contribution in [2.45, 2.75) is 32.7 Å². The fourth-order valence-corrected chi connectivity index (χ4v) is 7.63. The van der Waals surface area contributed by atoms with Crippen molar-refractivity contribution in [3.8, 4) is 11.3 Å². The number of rotatable bonds is 7. The van der Waals surface area contributed by atoms with Gasteiger partial charge in [-0.1, -0.05) is 41.4 Å². The number of hydrogen-bond donors (Lipinski definition) is 1. The molecule has 9 nitrogen and oxygen atoms in total. The molecule has 6 rings (SSSR count). The molecule has 0 bridgehead atoms. The van der Waals surface area contributed by atoms with Gasteiger partial charge < -0.3 is 15.1 Å². The van der Waals surface area contributed by atoms with Gasteiger partial charge in [0.05, 0.1) is 38.9 Å². The molecule has 0 amide bonds. The Hall–Kier alpha value is -2.89. The van der Waals surface area contributed by atoms with Gasteiger partial charge in [0, 0.05) is 68.1 Å². The molecule has 2 aliphatic heterocycles. The van der Waals surface area contributed by atoms with Crippen LogP contribution in [0.3, 0.4) is 0 Å². The number of fused-ring (bicyclic) bond motifs is 1. The molecule has 2 fully saturated rings. The van der Waals surface area contributed by atoms with Gasteiger partial charge in [0.25, 0.3) is 0 Å². The largest absolute Gasteiger partial charge is 0.370 e. The maximum Gasteiger partial charge on any atom is 0.238 e. The first kappa shape index (κ1) is 30.1. The van der Waals surface area contributed by atoms with Crippen LogP contribution in [0, 0.1) is 6.92 Å². The summed E-state index contributed by atoms with van der Waals surface area (Å²) < 4.78 is 27.0. The van der Waals surface area contributed by atoms with Crippen LogP contribution in [0.15, 0.2) is 48.8 Å². The van der Waals surface area contributed by atoms with Crippen molar-refractivity contribution in [2.75, 3.05) is 62.3 Å². The minimum Gasteiger partial charge on any atom is -0.370 e. The Morgan fingerprint density at radius 1 is 1.00 bits per heavy atom. The van der Waals surface area contributed by atoms with Crippen LogP contribution in [-0.4, -0.2) is 90.3 Å². The van der Waals surface area contributed by atoms with Crippen LogP contribution in [0.5, 0.6) is 0 Å². The van der Waals surface area contributed by atoms with E-state index in [1.54, 1.807) is 19.2 Å². The minimum atomic E-state index is -3.53. The van der Waals surface area contributed by atoms with E-state index in [0.717, 1.165) is 74.4 Å². The standard InChI is InChI=1S/C31H37Cl2N7O2S/c1-4-43(41,42)40-20-24(23-7-5-6-8-28(23)40)30-26(33)19-34-31(36-30)35-27-18-25(32)29(17-21(27)2)39-11-9-22(10-12-39)38-15-13-37(3)14-16-38/h5-8,17-20,22H,4,9-16H2,1-3H3,(H,34,35,36). The second-order valence-electron chi connectivity index (χ2n) is 11.4. The molecule has 12 heteroatoms. The maximum absolute atomic E-state index is 12.8. The SMILES string of the molecule is CCS(=O)(=O)n1cc(-c2nc(Nc3cc(Cl)c(N4CCC(N5CCN(C)CC5)CC4)cc3C)ncc2Cl)c2ccccc21. The summed E-state index contributed by atoms with van der Waals surface area (Å²) in [6, 6.07) is 12.0. The first-order valence-electron chi connectivity index (χ1n) is 14.8. The first-order chi connectivity index (χ1) is 20.6. The van der Waals surface area contributed by atoms with Gasteiger partial charge >= 0.3 is 0 Å². The number of benzene rings is 2. The molecular weight excluding hydrogens is 605 g/mol. The fraction of sp³-hybridized carbons (Fsp3) is 0.419. The molecular formula is C31H37Cl2N7O2S. The predicted octanol–water partition coefficient (Wildman–Crippen LogP) is 5.87. The minimum absolute atomic E-state index is 0.0280. The van der Waals surface area contributed by atoms with Crippen LogP contribution >= 0.6 is 23.2 Å². The molecule has 228 valence electrons. The lowest BCUT2D eigenvalue weighted by Crippen LogP contribution is -2.52. The highest BCUT2D eigenvalue weighted by molar-refractivity contribution is 7.90. The molecule has 0 saturated carbocycles. The number of nitrogens with one attached hydrogen (secondary N) is 1. The zero-order chi connectivity index (χ0) is 30.3. The van der Waals surface area contributed by atoms with Crippen molar-refractivity contribution in [3.63, 3.8) is 0 Å². The second-order valence-corrected chi connectivity index (χ2v) is 14.4. The fourth-order valence-electron chi connectivity index (χ4n) is 6.15. The van der Waals surface area contributed by atoms with Crippen molar-refractivity contribution >= 4 is 61.5 Å². The van der Waals surface area contributed by atoms with E-state index in [-0.39, 0.29) is 5.75 Å². The smallest absolute Gasteiger partial charge is 0.238 e. The van der Waals surface area contributed by atoms with Crippen LogP contribution < -0.4 is 10.2 Å². The topological polar surface area (TPSA) is 86.6 Å². The Bertz CT molecular complexity index is 1740. The summed E-state index contributed by atoms with van der Waals surface area (Å²) in [5.41, 5.74) is 4.51. The lowest BCUT2D eigenvalue weighted by molar-refractivity contribution is 0.0982. The molecule has 2 aromatic carbocycles. The number of aromatic nitrogens is 3. The van der Waals surface area contributed by atoms with Gasteiger partial charge in [-0.15, -0.1) is 0 Å². The molecule has 1 N–H and O–H groups in total. The molecule has 2 saturated heterocycles. The number of piperidine rings is 1. The van der Waals surface area contributed by atoms with Gasteiger partial charge in [-0.05, 0) is 57.5 Å². The van der Waals surface area contributed by atoms with E-state index < -0.39 is 10.0 Å². The summed E-state index contributed by atoms with van der Waals surface area (Å²) in [6.45, 7) is 10.2. The number of piperazine rings is 1. The number of para-hydroxylation sites is 1. The highest BCUT2D eigenvalue weighted by atomic mass is 35.5. The zero-order valence-corrected chi connectivity index (χ0v) is 27.1. The third kappa shape index (κ3) is 6.08. The summed E-state index contributed by atoms with van der Waals surface area (Å²) in [4.78, 5) is 16.6. The summed E-state index contributed by atoms with van der Waals surface area (Å²) in [7, 11) is -1.33. The highest BCUT2D eigenvalue weighted by Gasteiger charge is 2.28. The van der Waals surface area contributed by atoms with E-state index in [1.165, 1.54) is 10.2 Å². The van der Waals surface area contributed by atoms with Gasteiger partial charge in [0.2, 0.25) is 16.0 Å². The number of hydrogen-bond acceptors (Lipinski definition) is 8. The van der Waals surface area contributed by atoms with Gasteiger partial charge in [-0.2, -0.15) is 0 Å². The second kappa shape index (κ2) is 12.2. The Balaban J connectivity index is 1.22. The summed E-state index contributed by atoms with van der Waals surface area (Å²) in [5.74, 6) is 0.314. The third-order valence-corrected chi connectivity index (χ3v) is 11.0. The van der Waals surface area contributed by atoms with Crippen LogP contribution in [0.1, 0.15) is 25.3 Å². The Morgan fingerprint density at radius 2 is 1.72 bits per heavy atom. The molecule has 2 aliphatic rings. The Labute approximate surface area is 263 Å². The van der Waals surface area contributed by atoms with Crippen molar-refractivity contribution in [1.82, 2.24) is 23.7 Å². The predicted molar refractivity (Wildman–Crippen MR) is 177 cm³/mol. The van der Waals surface area contributed by atoms with Crippen molar-refractivity contribution in [2.24, 2.45) is 0 Å². The zero-order valence-electron chi connectivity index (χ0n) is 24.7. The Kier molecular flexibility index (Phi) is 8.59. The average Bonchev–Trinajstić information content (AvgIpc) is 3.41. The lowest BCUT2D eigenvalue weighted by atomic mass is 10.0. The van der Waals surface area contributed by atoms with E-state index in [9.17, 15) is 8.42 Å². The number of anilines is 3. The molecule has 0 atom stereocenters.